The van der Waals surface area contributed by atoms with Gasteiger partial charge in [0.25, 0.3) is 0 Å². The van der Waals surface area contributed by atoms with E-state index in [9.17, 15) is 13.2 Å². The van der Waals surface area contributed by atoms with Gasteiger partial charge in [-0.05, 0) is 38.8 Å². The van der Waals surface area contributed by atoms with Gasteiger partial charge in [-0.1, -0.05) is 5.16 Å². The molecule has 0 amide bonds. The quantitative estimate of drug-likeness (QED) is 0.907. The molecule has 2 fully saturated rings. The lowest BCUT2D eigenvalue weighted by Crippen LogP contribution is -2.50. The van der Waals surface area contributed by atoms with Gasteiger partial charge in [0.15, 0.2) is 5.82 Å². The minimum absolute atomic E-state index is 0.00648. The molecule has 1 N–H and O–H groups in total. The molecule has 2 aliphatic heterocycles. The molecule has 2 saturated heterocycles. The summed E-state index contributed by atoms with van der Waals surface area (Å²) >= 11 is 0. The molecule has 0 atom stereocenters. The summed E-state index contributed by atoms with van der Waals surface area (Å²) in [4.78, 5) is 4.12. The van der Waals surface area contributed by atoms with Gasteiger partial charge in [0.05, 0.1) is 0 Å². The van der Waals surface area contributed by atoms with Crippen LogP contribution < -0.4 is 5.32 Å². The Hall–Kier alpha value is -1.15. The van der Waals surface area contributed by atoms with Crippen molar-refractivity contribution in [2.45, 2.75) is 43.2 Å². The minimum Gasteiger partial charge on any atom is -0.381 e. The van der Waals surface area contributed by atoms with Gasteiger partial charge in [0.2, 0.25) is 5.89 Å². The molecule has 0 spiro atoms. The van der Waals surface area contributed by atoms with Crippen molar-refractivity contribution in [1.29, 1.82) is 0 Å². The highest BCUT2D eigenvalue weighted by Crippen LogP contribution is 2.46. The SMILES string of the molecule is FC(F)(F)C1(c2noc(C3CCOCC3)n2)CCNCC1. The summed E-state index contributed by atoms with van der Waals surface area (Å²) in [5, 5.41) is 6.63. The number of aromatic nitrogens is 2. The van der Waals surface area contributed by atoms with Gasteiger partial charge in [-0.25, -0.2) is 0 Å². The van der Waals surface area contributed by atoms with E-state index in [4.69, 9.17) is 9.26 Å². The number of piperidine rings is 1. The fraction of sp³-hybridized carbons (Fsp3) is 0.846. The Morgan fingerprint density at radius 3 is 2.43 bits per heavy atom. The predicted octanol–water partition coefficient (Wildman–Crippen LogP) is 2.15. The second kappa shape index (κ2) is 5.57. The first-order chi connectivity index (χ1) is 10.0. The van der Waals surface area contributed by atoms with Crippen molar-refractivity contribution in [1.82, 2.24) is 15.5 Å². The number of alkyl halides is 3. The van der Waals surface area contributed by atoms with Gasteiger partial charge >= 0.3 is 6.18 Å². The van der Waals surface area contributed by atoms with E-state index in [2.05, 4.69) is 15.5 Å². The van der Waals surface area contributed by atoms with Gasteiger partial charge < -0.3 is 14.6 Å². The number of nitrogens with zero attached hydrogens (tertiary/aromatic N) is 2. The highest BCUT2D eigenvalue weighted by atomic mass is 19.4. The zero-order valence-corrected chi connectivity index (χ0v) is 11.6. The lowest BCUT2D eigenvalue weighted by molar-refractivity contribution is -0.200. The van der Waals surface area contributed by atoms with Crippen LogP contribution in [0.1, 0.15) is 43.3 Å². The largest absolute Gasteiger partial charge is 0.401 e. The average Bonchev–Trinajstić information content (AvgIpc) is 2.98. The van der Waals surface area contributed by atoms with Gasteiger partial charge in [-0.3, -0.25) is 0 Å². The van der Waals surface area contributed by atoms with E-state index in [0.29, 0.717) is 45.0 Å². The summed E-state index contributed by atoms with van der Waals surface area (Å²) in [5.41, 5.74) is -1.98. The molecule has 3 heterocycles. The second-order valence-electron chi connectivity index (χ2n) is 5.67. The zero-order chi connectivity index (χ0) is 14.9. The molecule has 21 heavy (non-hydrogen) atoms. The Morgan fingerprint density at radius 2 is 1.81 bits per heavy atom. The summed E-state index contributed by atoms with van der Waals surface area (Å²) < 4.78 is 51.1. The molecule has 0 aromatic carbocycles. The van der Waals surface area contributed by atoms with Crippen LogP contribution in [-0.4, -0.2) is 42.6 Å². The van der Waals surface area contributed by atoms with Crippen LogP contribution in [0.3, 0.4) is 0 Å². The van der Waals surface area contributed by atoms with Crippen LogP contribution >= 0.6 is 0 Å². The Morgan fingerprint density at radius 1 is 1.14 bits per heavy atom. The van der Waals surface area contributed by atoms with E-state index < -0.39 is 11.6 Å². The summed E-state index contributed by atoms with van der Waals surface area (Å²) in [6.07, 6.45) is -3.05. The number of ether oxygens (including phenoxy) is 1. The fourth-order valence-electron chi connectivity index (χ4n) is 3.03. The number of halogens is 3. The van der Waals surface area contributed by atoms with Crippen molar-refractivity contribution in [3.63, 3.8) is 0 Å². The maximum atomic E-state index is 13.6. The Balaban J connectivity index is 1.88. The first-order valence-corrected chi connectivity index (χ1v) is 7.22. The molecule has 5 nitrogen and oxygen atoms in total. The Labute approximate surface area is 120 Å². The smallest absolute Gasteiger partial charge is 0.381 e. The highest BCUT2D eigenvalue weighted by Gasteiger charge is 2.59. The van der Waals surface area contributed by atoms with Crippen molar-refractivity contribution in [3.05, 3.63) is 11.7 Å². The maximum absolute atomic E-state index is 13.6. The van der Waals surface area contributed by atoms with Crippen LogP contribution in [0.25, 0.3) is 0 Å². The Bertz CT molecular complexity index is 477. The molecule has 0 aliphatic carbocycles. The Kier molecular flexibility index (Phi) is 3.92. The number of nitrogens with one attached hydrogen (secondary N) is 1. The van der Waals surface area contributed by atoms with Gasteiger partial charge in [0.1, 0.15) is 5.41 Å². The standard InChI is InChI=1S/C13H18F3N3O2/c14-13(15,16)12(3-5-17-6-4-12)11-18-10(21-19-11)9-1-7-20-8-2-9/h9,17H,1-8H2. The molecular weight excluding hydrogens is 287 g/mol. The van der Waals surface area contributed by atoms with E-state index in [1.807, 2.05) is 0 Å². The van der Waals surface area contributed by atoms with Gasteiger partial charge in [0, 0.05) is 19.1 Å². The molecule has 3 rings (SSSR count). The second-order valence-corrected chi connectivity index (χ2v) is 5.67. The maximum Gasteiger partial charge on any atom is 0.401 e. The van der Waals surface area contributed by atoms with Crippen molar-refractivity contribution < 1.29 is 22.4 Å². The molecule has 0 unspecified atom stereocenters. The van der Waals surface area contributed by atoms with Crippen molar-refractivity contribution >= 4 is 0 Å². The number of rotatable bonds is 2. The minimum atomic E-state index is -4.37. The van der Waals surface area contributed by atoms with Crippen LogP contribution in [0, 0.1) is 0 Å². The molecule has 0 saturated carbocycles. The normalized spacial score (nSPS) is 24.1. The number of hydrogen-bond donors (Lipinski definition) is 1. The molecule has 2 aliphatic rings. The van der Waals surface area contributed by atoms with E-state index in [1.165, 1.54) is 0 Å². The van der Waals surface area contributed by atoms with Crippen molar-refractivity contribution in [2.75, 3.05) is 26.3 Å². The lowest BCUT2D eigenvalue weighted by Gasteiger charge is -2.36. The summed E-state index contributed by atoms with van der Waals surface area (Å²) in [6, 6.07) is 0. The molecule has 0 bridgehead atoms. The summed E-state index contributed by atoms with van der Waals surface area (Å²) in [7, 11) is 0. The van der Waals surface area contributed by atoms with Crippen molar-refractivity contribution in [2.24, 2.45) is 0 Å². The molecule has 8 heteroatoms. The molecule has 118 valence electrons. The summed E-state index contributed by atoms with van der Waals surface area (Å²) in [5.74, 6) is 0.112. The van der Waals surface area contributed by atoms with Crippen LogP contribution in [0.15, 0.2) is 4.52 Å². The predicted molar refractivity (Wildman–Crippen MR) is 66.9 cm³/mol. The third-order valence-corrected chi connectivity index (χ3v) is 4.44. The van der Waals surface area contributed by atoms with Crippen LogP contribution in [0.5, 0.6) is 0 Å². The van der Waals surface area contributed by atoms with E-state index >= 15 is 0 Å². The van der Waals surface area contributed by atoms with E-state index in [0.717, 1.165) is 0 Å². The summed E-state index contributed by atoms with van der Waals surface area (Å²) in [6.45, 7) is 1.77. The fourth-order valence-corrected chi connectivity index (χ4v) is 3.03. The van der Waals surface area contributed by atoms with Crippen LogP contribution in [0.2, 0.25) is 0 Å². The first-order valence-electron chi connectivity index (χ1n) is 7.22. The molecule has 1 aromatic heterocycles. The highest BCUT2D eigenvalue weighted by molar-refractivity contribution is 5.14. The monoisotopic (exact) mass is 305 g/mol. The van der Waals surface area contributed by atoms with Gasteiger partial charge in [-0.2, -0.15) is 18.2 Å². The van der Waals surface area contributed by atoms with Crippen molar-refractivity contribution in [3.8, 4) is 0 Å². The van der Waals surface area contributed by atoms with Crippen LogP contribution in [-0.2, 0) is 10.2 Å². The third kappa shape index (κ3) is 2.66. The molecular formula is C13H18F3N3O2. The van der Waals surface area contributed by atoms with Crippen LogP contribution in [0.4, 0.5) is 13.2 Å². The lowest BCUT2D eigenvalue weighted by atomic mass is 9.77. The zero-order valence-electron chi connectivity index (χ0n) is 11.6. The molecule has 0 radical (unpaired) electrons. The topological polar surface area (TPSA) is 60.2 Å². The average molecular weight is 305 g/mol. The van der Waals surface area contributed by atoms with Gasteiger partial charge in [-0.15, -0.1) is 0 Å². The third-order valence-electron chi connectivity index (χ3n) is 4.44. The van der Waals surface area contributed by atoms with E-state index in [1.54, 1.807) is 0 Å². The number of hydrogen-bond acceptors (Lipinski definition) is 5. The van der Waals surface area contributed by atoms with E-state index in [-0.39, 0.29) is 24.6 Å². The molecule has 1 aromatic rings. The first kappa shape index (κ1) is 14.8.